The number of nitrogens with zero attached hydrogens (tertiary/aromatic N) is 3. The lowest BCUT2D eigenvalue weighted by atomic mass is 9.92. The van der Waals surface area contributed by atoms with Crippen LogP contribution in [0.1, 0.15) is 0 Å². The average molecular weight is 870 g/mol. The molecule has 5 nitrogen and oxygen atoms in total. The van der Waals surface area contributed by atoms with E-state index in [1.165, 1.54) is 0 Å². The van der Waals surface area contributed by atoms with E-state index in [0.29, 0.717) is 17.5 Å². The van der Waals surface area contributed by atoms with Crippen LogP contribution in [0.15, 0.2) is 245 Å². The Hall–Kier alpha value is -9.19. The topological polar surface area (TPSA) is 65.0 Å². The van der Waals surface area contributed by atoms with Gasteiger partial charge < -0.3 is 8.83 Å². The highest BCUT2D eigenvalue weighted by atomic mass is 16.3. The maximum atomic E-state index is 6.82. The van der Waals surface area contributed by atoms with Crippen molar-refractivity contribution < 1.29 is 8.83 Å². The summed E-state index contributed by atoms with van der Waals surface area (Å²) in [5.41, 5.74) is 17.2. The minimum Gasteiger partial charge on any atom is -0.456 e. The molecule has 0 fully saturated rings. The van der Waals surface area contributed by atoms with Crippen LogP contribution in [-0.4, -0.2) is 15.0 Å². The second-order valence-corrected chi connectivity index (χ2v) is 17.1. The Morgan fingerprint density at radius 2 is 0.676 bits per heavy atom. The summed E-state index contributed by atoms with van der Waals surface area (Å²) in [7, 11) is 0. The second-order valence-electron chi connectivity index (χ2n) is 17.1. The van der Waals surface area contributed by atoms with E-state index in [1.807, 2.05) is 54.6 Å². The fourth-order valence-corrected chi connectivity index (χ4v) is 9.67. The molecule has 318 valence electrons. The Morgan fingerprint density at radius 1 is 0.235 bits per heavy atom. The van der Waals surface area contributed by atoms with Crippen LogP contribution in [-0.2, 0) is 0 Å². The molecule has 0 aliphatic rings. The van der Waals surface area contributed by atoms with Crippen LogP contribution < -0.4 is 0 Å². The minimum absolute atomic E-state index is 0.584. The van der Waals surface area contributed by atoms with Crippen molar-refractivity contribution in [3.63, 3.8) is 0 Å². The number of furan rings is 2. The highest BCUT2D eigenvalue weighted by molar-refractivity contribution is 6.14. The van der Waals surface area contributed by atoms with Gasteiger partial charge in [-0.05, 0) is 62.7 Å². The second kappa shape index (κ2) is 16.4. The van der Waals surface area contributed by atoms with Crippen LogP contribution in [0.25, 0.3) is 134 Å². The first-order valence-electron chi connectivity index (χ1n) is 22.8. The van der Waals surface area contributed by atoms with E-state index in [1.54, 1.807) is 0 Å². The maximum absolute atomic E-state index is 6.82. The van der Waals surface area contributed by atoms with Crippen LogP contribution in [0, 0.1) is 0 Å². The fourth-order valence-electron chi connectivity index (χ4n) is 9.67. The fraction of sp³-hybridized carbons (Fsp3) is 0. The molecule has 0 amide bonds. The van der Waals surface area contributed by atoms with Crippen molar-refractivity contribution in [3.05, 3.63) is 237 Å². The lowest BCUT2D eigenvalue weighted by molar-refractivity contribution is 0.669. The molecule has 68 heavy (non-hydrogen) atoms. The average Bonchev–Trinajstić information content (AvgIpc) is 4.00. The van der Waals surface area contributed by atoms with Gasteiger partial charge in [0.25, 0.3) is 0 Å². The SMILES string of the molecule is c1ccc(-c2ccc3oc4cccc(-c5nc(-c6ccccc6)nc(-c6ccc(-c7ccc(-c8ccccc8-c8cccc9c8oc8c(-c%10ccccc%10)cccc89)cc7)cc6)n5)c4c3c2)cc1. The molecule has 0 saturated heterocycles. The van der Waals surface area contributed by atoms with Gasteiger partial charge in [0.15, 0.2) is 17.5 Å². The lowest BCUT2D eigenvalue weighted by Crippen LogP contribution is -2.00. The molecule has 0 aliphatic heterocycles. The van der Waals surface area contributed by atoms with Gasteiger partial charge in [-0.2, -0.15) is 0 Å². The van der Waals surface area contributed by atoms with E-state index < -0.39 is 0 Å². The Bertz CT molecular complexity index is 3990. The normalized spacial score (nSPS) is 11.5. The van der Waals surface area contributed by atoms with E-state index in [9.17, 15) is 0 Å². The number of fused-ring (bicyclic) bond motifs is 6. The van der Waals surface area contributed by atoms with Crippen LogP contribution in [0.5, 0.6) is 0 Å². The molecule has 5 heteroatoms. The van der Waals surface area contributed by atoms with Gasteiger partial charge >= 0.3 is 0 Å². The van der Waals surface area contributed by atoms with Gasteiger partial charge in [0, 0.05) is 49.4 Å². The summed E-state index contributed by atoms with van der Waals surface area (Å²) in [6.45, 7) is 0. The number of hydrogen-bond acceptors (Lipinski definition) is 5. The summed E-state index contributed by atoms with van der Waals surface area (Å²) >= 11 is 0. The molecule has 0 aliphatic carbocycles. The third-order valence-corrected chi connectivity index (χ3v) is 13.0. The number of benzene rings is 10. The molecule has 3 aromatic heterocycles. The minimum atomic E-state index is 0.584. The van der Waals surface area contributed by atoms with E-state index in [2.05, 4.69) is 182 Å². The van der Waals surface area contributed by atoms with Crippen LogP contribution in [0.4, 0.5) is 0 Å². The molecule has 0 unspecified atom stereocenters. The Labute approximate surface area is 392 Å². The molecular weight excluding hydrogens is 831 g/mol. The summed E-state index contributed by atoms with van der Waals surface area (Å²) in [5, 5.41) is 4.21. The first kappa shape index (κ1) is 39.2. The smallest absolute Gasteiger partial charge is 0.164 e. The third kappa shape index (κ3) is 6.84. The summed E-state index contributed by atoms with van der Waals surface area (Å²) in [6, 6.07) is 82.2. The van der Waals surface area contributed by atoms with E-state index in [0.717, 1.165) is 116 Å². The molecule has 3 heterocycles. The number of para-hydroxylation sites is 2. The van der Waals surface area contributed by atoms with Gasteiger partial charge in [-0.1, -0.05) is 218 Å². The summed E-state index contributed by atoms with van der Waals surface area (Å²) in [5.74, 6) is 1.78. The molecule has 0 N–H and O–H groups in total. The van der Waals surface area contributed by atoms with Crippen molar-refractivity contribution in [1.82, 2.24) is 15.0 Å². The van der Waals surface area contributed by atoms with E-state index in [-0.39, 0.29) is 0 Å². The molecule has 0 radical (unpaired) electrons. The highest BCUT2D eigenvalue weighted by Gasteiger charge is 2.20. The standard InChI is InChI=1S/C63H39N3O2/c1-4-15-40(16-5-1)47-37-38-56-55(39-47)58-54(27-14-28-57(58)67-56)63-65-61(45-19-8-3-9-20-45)64-62(66-63)46-35-31-42(32-36-46)41-29-33-44(34-30-41)48-21-10-11-22-50(48)51-24-13-26-53-52-25-12-23-49(59(52)68-60(51)53)43-17-6-2-7-18-43/h1-39H. The molecule has 13 aromatic rings. The van der Waals surface area contributed by atoms with Crippen LogP contribution >= 0.6 is 0 Å². The zero-order chi connectivity index (χ0) is 45.0. The quantitative estimate of drug-likeness (QED) is 0.152. The van der Waals surface area contributed by atoms with Crippen molar-refractivity contribution in [2.75, 3.05) is 0 Å². The third-order valence-electron chi connectivity index (χ3n) is 13.0. The zero-order valence-electron chi connectivity index (χ0n) is 36.7. The predicted octanol–water partition coefficient (Wildman–Crippen LogP) is 17.0. The molecular formula is C63H39N3O2. The molecule has 0 atom stereocenters. The zero-order valence-corrected chi connectivity index (χ0v) is 36.7. The molecule has 0 bridgehead atoms. The molecule has 13 rings (SSSR count). The van der Waals surface area contributed by atoms with Gasteiger partial charge in [0.1, 0.15) is 22.3 Å². The number of aromatic nitrogens is 3. The monoisotopic (exact) mass is 869 g/mol. The van der Waals surface area contributed by atoms with Gasteiger partial charge in [-0.15, -0.1) is 0 Å². The van der Waals surface area contributed by atoms with Crippen molar-refractivity contribution in [2.24, 2.45) is 0 Å². The Kier molecular flexibility index (Phi) is 9.43. The van der Waals surface area contributed by atoms with Crippen LogP contribution in [0.3, 0.4) is 0 Å². The van der Waals surface area contributed by atoms with Gasteiger partial charge in [0.2, 0.25) is 0 Å². The first-order valence-corrected chi connectivity index (χ1v) is 22.8. The first-order chi connectivity index (χ1) is 33.7. The van der Waals surface area contributed by atoms with Gasteiger partial charge in [-0.3, -0.25) is 0 Å². The summed E-state index contributed by atoms with van der Waals surface area (Å²) in [4.78, 5) is 15.3. The van der Waals surface area contributed by atoms with Crippen molar-refractivity contribution >= 4 is 43.9 Å². The largest absolute Gasteiger partial charge is 0.456 e. The Balaban J connectivity index is 0.847. The van der Waals surface area contributed by atoms with Crippen molar-refractivity contribution in [3.8, 4) is 89.8 Å². The number of rotatable bonds is 8. The van der Waals surface area contributed by atoms with Crippen LogP contribution in [0.2, 0.25) is 0 Å². The summed E-state index contributed by atoms with van der Waals surface area (Å²) < 4.78 is 13.2. The van der Waals surface area contributed by atoms with E-state index in [4.69, 9.17) is 23.8 Å². The molecule has 10 aromatic carbocycles. The molecule has 0 spiro atoms. The Morgan fingerprint density at radius 3 is 1.35 bits per heavy atom. The highest BCUT2D eigenvalue weighted by Crippen LogP contribution is 2.43. The van der Waals surface area contributed by atoms with E-state index >= 15 is 0 Å². The maximum Gasteiger partial charge on any atom is 0.164 e. The summed E-state index contributed by atoms with van der Waals surface area (Å²) in [6.07, 6.45) is 0. The lowest BCUT2D eigenvalue weighted by Gasteiger charge is -2.12. The number of hydrogen-bond donors (Lipinski definition) is 0. The van der Waals surface area contributed by atoms with Gasteiger partial charge in [-0.25, -0.2) is 15.0 Å². The predicted molar refractivity (Wildman–Crippen MR) is 278 cm³/mol. The van der Waals surface area contributed by atoms with Crippen molar-refractivity contribution in [2.45, 2.75) is 0 Å². The van der Waals surface area contributed by atoms with Crippen molar-refractivity contribution in [1.29, 1.82) is 0 Å². The van der Waals surface area contributed by atoms with Gasteiger partial charge in [0.05, 0.1) is 0 Å². The molecule has 0 saturated carbocycles.